The number of benzene rings is 1. The first-order valence-corrected chi connectivity index (χ1v) is 13.5. The fraction of sp³-hybridized carbons (Fsp3) is 0.667. The monoisotopic (exact) mass is 514 g/mol. The van der Waals surface area contributed by atoms with E-state index >= 15 is 0 Å². The number of amides is 2. The van der Waals surface area contributed by atoms with E-state index < -0.39 is 24.3 Å². The van der Waals surface area contributed by atoms with E-state index in [1.807, 2.05) is 24.3 Å². The van der Waals surface area contributed by atoms with E-state index in [1.165, 1.54) is 4.90 Å². The predicted octanol–water partition coefficient (Wildman–Crippen LogP) is 0.283. The van der Waals surface area contributed by atoms with Crippen LogP contribution in [0.4, 0.5) is 5.69 Å². The number of likely N-dealkylation sites (tertiary alicyclic amines) is 1. The van der Waals surface area contributed by atoms with Crippen LogP contribution in [0.1, 0.15) is 36.0 Å². The molecule has 5 rings (SSSR count). The summed E-state index contributed by atoms with van der Waals surface area (Å²) in [6.07, 6.45) is 2.14. The fourth-order valence-corrected chi connectivity index (χ4v) is 6.21. The lowest BCUT2D eigenvalue weighted by Crippen LogP contribution is -2.54. The van der Waals surface area contributed by atoms with Crippen molar-refractivity contribution >= 4 is 23.3 Å². The van der Waals surface area contributed by atoms with Gasteiger partial charge < -0.3 is 29.7 Å². The highest BCUT2D eigenvalue weighted by Gasteiger charge is 2.53. The first-order chi connectivity index (χ1) is 18.0. The van der Waals surface area contributed by atoms with Gasteiger partial charge in [0, 0.05) is 51.1 Å². The number of carbonyl (C=O) groups excluding carboxylic acids is 3. The molecule has 1 aromatic rings. The standard InChI is InChI=1S/C27H38N4O6/c1-36-15-14-29-10-12-30(13-11-29)20-8-6-19(7-9-20)26(34)28-23(18-4-2-3-5-18)27(35)31-16-21(32)25-24(31)22(33)17-37-25/h6-9,18,21,23-25,32H,2-5,10-17H2,1H3,(H,28,34)/t21-,23+,24-,25-/m1/s1. The molecule has 37 heavy (non-hydrogen) atoms. The zero-order valence-corrected chi connectivity index (χ0v) is 21.5. The molecule has 3 saturated heterocycles. The van der Waals surface area contributed by atoms with Gasteiger partial charge >= 0.3 is 0 Å². The number of hydrogen-bond donors (Lipinski definition) is 2. The second kappa shape index (κ2) is 11.5. The molecule has 0 aromatic heterocycles. The average Bonchev–Trinajstić information content (AvgIpc) is 3.66. The molecule has 0 unspecified atom stereocenters. The molecule has 4 aliphatic rings. The van der Waals surface area contributed by atoms with E-state index in [4.69, 9.17) is 9.47 Å². The molecule has 4 fully saturated rings. The number of rotatable bonds is 8. The summed E-state index contributed by atoms with van der Waals surface area (Å²) in [6.45, 7) is 5.40. The van der Waals surface area contributed by atoms with Crippen molar-refractivity contribution in [1.29, 1.82) is 0 Å². The number of aliphatic hydroxyl groups is 1. The summed E-state index contributed by atoms with van der Waals surface area (Å²) in [5.41, 5.74) is 1.57. The predicted molar refractivity (Wildman–Crippen MR) is 136 cm³/mol. The van der Waals surface area contributed by atoms with Crippen molar-refractivity contribution in [3.05, 3.63) is 29.8 Å². The van der Waals surface area contributed by atoms with E-state index in [9.17, 15) is 19.5 Å². The SMILES string of the molecule is COCCN1CCN(c2ccc(C(=O)N[C@H](C(=O)N3C[C@@H](O)[C@H]4OCC(=O)[C@H]43)C3CCCC3)cc2)CC1. The van der Waals surface area contributed by atoms with Gasteiger partial charge in [0.05, 0.1) is 13.2 Å². The highest BCUT2D eigenvalue weighted by Crippen LogP contribution is 2.33. The van der Waals surface area contributed by atoms with Gasteiger partial charge in [-0.2, -0.15) is 0 Å². The minimum atomic E-state index is -0.894. The molecule has 0 spiro atoms. The van der Waals surface area contributed by atoms with Crippen LogP contribution in [0.3, 0.4) is 0 Å². The van der Waals surface area contributed by atoms with Gasteiger partial charge in [-0.15, -0.1) is 0 Å². The number of anilines is 1. The smallest absolute Gasteiger partial charge is 0.251 e. The highest BCUT2D eigenvalue weighted by molar-refractivity contribution is 5.99. The lowest BCUT2D eigenvalue weighted by molar-refractivity contribution is -0.139. The first-order valence-electron chi connectivity index (χ1n) is 13.5. The quantitative estimate of drug-likeness (QED) is 0.509. The third-order valence-corrected chi connectivity index (χ3v) is 8.34. The van der Waals surface area contributed by atoms with Crippen molar-refractivity contribution < 1.29 is 29.0 Å². The van der Waals surface area contributed by atoms with E-state index in [0.29, 0.717) is 5.56 Å². The first kappa shape index (κ1) is 26.1. The molecule has 1 aromatic carbocycles. The summed E-state index contributed by atoms with van der Waals surface area (Å²) < 4.78 is 10.6. The maximum atomic E-state index is 13.7. The molecule has 10 nitrogen and oxygen atoms in total. The summed E-state index contributed by atoms with van der Waals surface area (Å²) in [4.78, 5) is 45.5. The van der Waals surface area contributed by atoms with Crippen LogP contribution in [0.15, 0.2) is 24.3 Å². The molecular formula is C27H38N4O6. The second-order valence-corrected chi connectivity index (χ2v) is 10.6. The molecule has 202 valence electrons. The van der Waals surface area contributed by atoms with Crippen LogP contribution in [0, 0.1) is 5.92 Å². The number of carbonyl (C=O) groups is 3. The van der Waals surface area contributed by atoms with Crippen LogP contribution >= 0.6 is 0 Å². The van der Waals surface area contributed by atoms with E-state index in [-0.39, 0.29) is 36.7 Å². The number of ketones is 1. The lowest BCUT2D eigenvalue weighted by atomic mass is 9.95. The number of nitrogens with zero attached hydrogens (tertiary/aromatic N) is 3. The Kier molecular flexibility index (Phi) is 8.09. The second-order valence-electron chi connectivity index (χ2n) is 10.6. The van der Waals surface area contributed by atoms with Gasteiger partial charge in [-0.1, -0.05) is 12.8 Å². The van der Waals surface area contributed by atoms with Crippen LogP contribution in [0.2, 0.25) is 0 Å². The van der Waals surface area contributed by atoms with Gasteiger partial charge in [0.1, 0.15) is 30.9 Å². The molecule has 4 atom stereocenters. The van der Waals surface area contributed by atoms with Crippen molar-refractivity contribution in [1.82, 2.24) is 15.1 Å². The Labute approximate surface area is 217 Å². The number of hydrogen-bond acceptors (Lipinski definition) is 8. The molecule has 1 aliphatic carbocycles. The normalized spacial score (nSPS) is 27.5. The molecule has 10 heteroatoms. The molecular weight excluding hydrogens is 476 g/mol. The summed E-state index contributed by atoms with van der Waals surface area (Å²) in [5.74, 6) is -0.777. The van der Waals surface area contributed by atoms with Crippen LogP contribution in [0.25, 0.3) is 0 Å². The van der Waals surface area contributed by atoms with E-state index in [1.54, 1.807) is 7.11 Å². The number of aliphatic hydroxyl groups excluding tert-OH is 1. The van der Waals surface area contributed by atoms with E-state index in [0.717, 1.165) is 70.7 Å². The molecule has 0 bridgehead atoms. The third kappa shape index (κ3) is 5.52. The van der Waals surface area contributed by atoms with Crippen molar-refractivity contribution in [2.75, 3.05) is 64.5 Å². The van der Waals surface area contributed by atoms with Crippen LogP contribution in [0.5, 0.6) is 0 Å². The van der Waals surface area contributed by atoms with Crippen LogP contribution < -0.4 is 10.2 Å². The number of Topliss-reactive ketones (excluding diaryl/α,β-unsaturated/α-hetero) is 1. The minimum absolute atomic E-state index is 0.0127. The van der Waals surface area contributed by atoms with E-state index in [2.05, 4.69) is 15.1 Å². The Bertz CT molecular complexity index is 974. The Morgan fingerprint density at radius 2 is 1.84 bits per heavy atom. The van der Waals surface area contributed by atoms with Crippen molar-refractivity contribution in [2.45, 2.75) is 50.0 Å². The maximum Gasteiger partial charge on any atom is 0.251 e. The molecule has 3 heterocycles. The molecule has 2 amide bonds. The molecule has 2 N–H and O–H groups in total. The number of fused-ring (bicyclic) bond motifs is 1. The maximum absolute atomic E-state index is 13.7. The highest BCUT2D eigenvalue weighted by atomic mass is 16.5. The van der Waals surface area contributed by atoms with Gasteiger partial charge in [-0.3, -0.25) is 19.3 Å². The number of ether oxygens (including phenoxy) is 2. The Hall–Kier alpha value is -2.53. The Balaban J connectivity index is 1.24. The fourth-order valence-electron chi connectivity index (χ4n) is 6.21. The zero-order valence-electron chi connectivity index (χ0n) is 21.5. The van der Waals surface area contributed by atoms with Gasteiger partial charge in [0.2, 0.25) is 5.91 Å². The molecule has 1 saturated carbocycles. The van der Waals surface area contributed by atoms with Gasteiger partial charge in [0.25, 0.3) is 5.91 Å². The number of piperazine rings is 1. The summed E-state index contributed by atoms with van der Waals surface area (Å²) in [6, 6.07) is 6.04. The van der Waals surface area contributed by atoms with Crippen LogP contribution in [-0.2, 0) is 19.1 Å². The number of β-amino-alcohol motifs (C(OH)–C–C–N with tert-alkyl or cyclic N) is 1. The van der Waals surface area contributed by atoms with Crippen LogP contribution in [-0.4, -0.2) is 116 Å². The van der Waals surface area contributed by atoms with Gasteiger partial charge in [-0.05, 0) is 43.0 Å². The number of nitrogens with one attached hydrogen (secondary N) is 1. The topological polar surface area (TPSA) is 112 Å². The summed E-state index contributed by atoms with van der Waals surface area (Å²) in [5, 5.41) is 13.3. The van der Waals surface area contributed by atoms with Crippen molar-refractivity contribution in [2.24, 2.45) is 5.92 Å². The lowest BCUT2D eigenvalue weighted by Gasteiger charge is -2.36. The summed E-state index contributed by atoms with van der Waals surface area (Å²) >= 11 is 0. The Morgan fingerprint density at radius 3 is 2.51 bits per heavy atom. The van der Waals surface area contributed by atoms with Gasteiger partial charge in [0.15, 0.2) is 5.78 Å². The van der Waals surface area contributed by atoms with Crippen molar-refractivity contribution in [3.63, 3.8) is 0 Å². The largest absolute Gasteiger partial charge is 0.388 e. The summed E-state index contributed by atoms with van der Waals surface area (Å²) in [7, 11) is 1.72. The Morgan fingerprint density at radius 1 is 1.14 bits per heavy atom. The average molecular weight is 515 g/mol. The van der Waals surface area contributed by atoms with Gasteiger partial charge in [-0.25, -0.2) is 0 Å². The third-order valence-electron chi connectivity index (χ3n) is 8.34. The molecule has 3 aliphatic heterocycles. The van der Waals surface area contributed by atoms with Crippen molar-refractivity contribution in [3.8, 4) is 0 Å². The molecule has 0 radical (unpaired) electrons. The zero-order chi connectivity index (χ0) is 25.9. The minimum Gasteiger partial charge on any atom is -0.388 e. The number of methoxy groups -OCH3 is 1.